The molecule has 7 heteroatoms. The summed E-state index contributed by atoms with van der Waals surface area (Å²) < 4.78 is 2.30. The molecule has 0 amide bonds. The van der Waals surface area contributed by atoms with Gasteiger partial charge in [-0.3, -0.25) is 4.84 Å². The number of aryl methyl sites for hydroxylation is 2. The van der Waals surface area contributed by atoms with Crippen molar-refractivity contribution in [2.24, 2.45) is 5.92 Å². The Hall–Kier alpha value is -3.19. The van der Waals surface area contributed by atoms with E-state index in [0.29, 0.717) is 11.9 Å². The van der Waals surface area contributed by atoms with E-state index >= 15 is 0 Å². The SMILES string of the molecule is Nc1ncnc2c1ccn2C1CCC(CCc2ccc3cc4c(nc3c2)NOCCC4)C1. The normalized spacial score (nSPS) is 20.9. The van der Waals surface area contributed by atoms with Gasteiger partial charge in [0.15, 0.2) is 5.82 Å². The summed E-state index contributed by atoms with van der Waals surface area (Å²) in [7, 11) is 0. The summed E-state index contributed by atoms with van der Waals surface area (Å²) in [5, 5.41) is 2.16. The molecule has 4 heterocycles. The highest BCUT2D eigenvalue weighted by molar-refractivity contribution is 5.86. The van der Waals surface area contributed by atoms with Crippen molar-refractivity contribution >= 4 is 33.6 Å². The number of fused-ring (bicyclic) bond motifs is 3. The Morgan fingerprint density at radius 3 is 3.09 bits per heavy atom. The van der Waals surface area contributed by atoms with Crippen LogP contribution in [-0.2, 0) is 17.7 Å². The molecule has 3 N–H and O–H groups in total. The molecule has 6 rings (SSSR count). The van der Waals surface area contributed by atoms with Crippen LogP contribution in [0.4, 0.5) is 11.6 Å². The first-order valence-corrected chi connectivity index (χ1v) is 11.6. The molecule has 32 heavy (non-hydrogen) atoms. The highest BCUT2D eigenvalue weighted by Crippen LogP contribution is 2.39. The fourth-order valence-electron chi connectivity index (χ4n) is 5.36. The fraction of sp³-hybridized carbons (Fsp3) is 0.400. The van der Waals surface area contributed by atoms with Crippen molar-refractivity contribution in [3.63, 3.8) is 0 Å². The van der Waals surface area contributed by atoms with Gasteiger partial charge in [0.25, 0.3) is 0 Å². The average molecular weight is 429 g/mol. The van der Waals surface area contributed by atoms with E-state index in [2.05, 4.69) is 50.5 Å². The van der Waals surface area contributed by atoms with Crippen LogP contribution in [0.2, 0.25) is 0 Å². The number of benzene rings is 1. The first kappa shape index (κ1) is 19.5. The zero-order valence-electron chi connectivity index (χ0n) is 18.1. The Morgan fingerprint density at radius 1 is 1.16 bits per heavy atom. The molecule has 2 unspecified atom stereocenters. The number of anilines is 2. The lowest BCUT2D eigenvalue weighted by atomic mass is 9.97. The van der Waals surface area contributed by atoms with E-state index in [0.717, 1.165) is 54.2 Å². The lowest BCUT2D eigenvalue weighted by Gasteiger charge is -2.15. The number of pyridine rings is 1. The van der Waals surface area contributed by atoms with Crippen LogP contribution in [0.5, 0.6) is 0 Å². The number of rotatable bonds is 4. The summed E-state index contributed by atoms with van der Waals surface area (Å²) in [5.41, 5.74) is 13.6. The third kappa shape index (κ3) is 3.56. The second kappa shape index (κ2) is 8.06. The Kier molecular flexibility index (Phi) is 4.91. The molecule has 0 saturated heterocycles. The van der Waals surface area contributed by atoms with E-state index in [-0.39, 0.29) is 0 Å². The predicted molar refractivity (Wildman–Crippen MR) is 126 cm³/mol. The average Bonchev–Trinajstić information content (AvgIpc) is 3.39. The molecular weight excluding hydrogens is 400 g/mol. The van der Waals surface area contributed by atoms with E-state index in [9.17, 15) is 0 Å². The van der Waals surface area contributed by atoms with E-state index in [1.807, 2.05) is 6.07 Å². The number of nitrogen functional groups attached to an aromatic ring is 1. The zero-order chi connectivity index (χ0) is 21.5. The van der Waals surface area contributed by atoms with E-state index in [1.165, 1.54) is 42.2 Å². The van der Waals surface area contributed by atoms with Crippen molar-refractivity contribution in [2.45, 2.75) is 51.0 Å². The molecule has 0 spiro atoms. The summed E-state index contributed by atoms with van der Waals surface area (Å²) >= 11 is 0. The van der Waals surface area contributed by atoms with Gasteiger partial charge in [-0.1, -0.05) is 12.1 Å². The molecule has 1 aliphatic heterocycles. The number of aromatic nitrogens is 4. The summed E-state index contributed by atoms with van der Waals surface area (Å²) in [6, 6.07) is 11.5. The molecule has 3 aromatic heterocycles. The predicted octanol–water partition coefficient (Wildman–Crippen LogP) is 4.83. The number of nitrogens with one attached hydrogen (secondary N) is 1. The molecule has 164 valence electrons. The van der Waals surface area contributed by atoms with Gasteiger partial charge in [0.05, 0.1) is 17.5 Å². The Morgan fingerprint density at radius 2 is 2.12 bits per heavy atom. The molecule has 0 bridgehead atoms. The van der Waals surface area contributed by atoms with Crippen LogP contribution >= 0.6 is 0 Å². The Labute approximate surface area is 187 Å². The molecule has 4 aromatic rings. The minimum Gasteiger partial charge on any atom is -0.383 e. The van der Waals surface area contributed by atoms with Gasteiger partial charge in [-0.15, -0.1) is 0 Å². The van der Waals surface area contributed by atoms with Crippen molar-refractivity contribution in [3.8, 4) is 0 Å². The van der Waals surface area contributed by atoms with Crippen molar-refractivity contribution in [2.75, 3.05) is 17.8 Å². The topological polar surface area (TPSA) is 90.9 Å². The summed E-state index contributed by atoms with van der Waals surface area (Å²) in [6.45, 7) is 0.722. The van der Waals surface area contributed by atoms with E-state index in [1.54, 1.807) is 6.33 Å². The Bertz CT molecular complexity index is 1280. The van der Waals surface area contributed by atoms with Crippen LogP contribution in [0.25, 0.3) is 21.9 Å². The maximum atomic E-state index is 6.01. The van der Waals surface area contributed by atoms with Gasteiger partial charge in [0.1, 0.15) is 17.8 Å². The van der Waals surface area contributed by atoms with Crippen LogP contribution in [0.15, 0.2) is 42.9 Å². The van der Waals surface area contributed by atoms with Crippen LogP contribution in [0, 0.1) is 5.92 Å². The van der Waals surface area contributed by atoms with Gasteiger partial charge in [-0.05, 0) is 80.2 Å². The van der Waals surface area contributed by atoms with Crippen LogP contribution in [0.3, 0.4) is 0 Å². The van der Waals surface area contributed by atoms with Crippen molar-refractivity contribution in [1.29, 1.82) is 0 Å². The van der Waals surface area contributed by atoms with E-state index in [4.69, 9.17) is 15.6 Å². The molecule has 1 aromatic carbocycles. The quantitative estimate of drug-likeness (QED) is 0.484. The molecule has 1 saturated carbocycles. The minimum absolute atomic E-state index is 0.492. The van der Waals surface area contributed by atoms with Crippen molar-refractivity contribution in [3.05, 3.63) is 54.0 Å². The van der Waals surface area contributed by atoms with Gasteiger partial charge in [-0.2, -0.15) is 0 Å². The first-order valence-electron chi connectivity index (χ1n) is 11.6. The maximum Gasteiger partial charge on any atom is 0.153 e. The summed E-state index contributed by atoms with van der Waals surface area (Å²) in [6.07, 6.45) is 11.6. The van der Waals surface area contributed by atoms with Gasteiger partial charge in [0, 0.05) is 17.6 Å². The summed E-state index contributed by atoms with van der Waals surface area (Å²) in [5.74, 6) is 2.16. The number of nitrogens with two attached hydrogens (primary N) is 1. The molecule has 7 nitrogen and oxygen atoms in total. The molecule has 0 radical (unpaired) electrons. The van der Waals surface area contributed by atoms with Crippen molar-refractivity contribution < 1.29 is 4.84 Å². The summed E-state index contributed by atoms with van der Waals surface area (Å²) in [4.78, 5) is 18.9. The second-order valence-electron chi connectivity index (χ2n) is 9.17. The second-order valence-corrected chi connectivity index (χ2v) is 9.17. The highest BCUT2D eigenvalue weighted by atomic mass is 16.6. The molecular formula is C25H28N6O. The van der Waals surface area contributed by atoms with Gasteiger partial charge < -0.3 is 10.3 Å². The van der Waals surface area contributed by atoms with Gasteiger partial charge >= 0.3 is 0 Å². The van der Waals surface area contributed by atoms with Crippen LogP contribution in [0.1, 0.15) is 49.3 Å². The lowest BCUT2D eigenvalue weighted by Crippen LogP contribution is -2.06. The third-order valence-electron chi connectivity index (χ3n) is 7.11. The number of hydrogen-bond acceptors (Lipinski definition) is 6. The molecule has 2 atom stereocenters. The molecule has 1 aliphatic carbocycles. The first-order chi connectivity index (χ1) is 15.7. The lowest BCUT2D eigenvalue weighted by molar-refractivity contribution is 0.195. The monoisotopic (exact) mass is 428 g/mol. The minimum atomic E-state index is 0.492. The van der Waals surface area contributed by atoms with Crippen LogP contribution < -0.4 is 11.2 Å². The third-order valence-corrected chi connectivity index (χ3v) is 7.11. The smallest absolute Gasteiger partial charge is 0.153 e. The van der Waals surface area contributed by atoms with Gasteiger partial charge in [-0.25, -0.2) is 20.4 Å². The standard InChI is InChI=1S/C25H28N6O/c26-23-21-9-10-31(25(21)28-15-27-23)20-8-6-16(12-20)3-4-17-5-7-18-14-19-2-1-11-32-30-24(19)29-22(18)13-17/h5,7,9-10,13-16,20H,1-4,6,8,11-12H2,(H,29,30)(H2,26,27,28). The van der Waals surface area contributed by atoms with Crippen LogP contribution in [-0.4, -0.2) is 26.1 Å². The maximum absolute atomic E-state index is 6.01. The highest BCUT2D eigenvalue weighted by Gasteiger charge is 2.27. The number of hydrogen-bond donors (Lipinski definition) is 2. The fourth-order valence-corrected chi connectivity index (χ4v) is 5.36. The van der Waals surface area contributed by atoms with E-state index < -0.39 is 0 Å². The van der Waals surface area contributed by atoms with Crippen molar-refractivity contribution in [1.82, 2.24) is 19.5 Å². The number of nitrogens with zero attached hydrogens (tertiary/aromatic N) is 4. The van der Waals surface area contributed by atoms with Gasteiger partial charge in [0.2, 0.25) is 0 Å². The zero-order valence-corrected chi connectivity index (χ0v) is 18.1. The molecule has 1 fully saturated rings. The largest absolute Gasteiger partial charge is 0.383 e. The Balaban J connectivity index is 1.14. The molecule has 2 aliphatic rings.